The molecule has 0 unspecified atom stereocenters. The highest BCUT2D eigenvalue weighted by atomic mass is 35.5. The molecule has 3 aromatic rings. The molecule has 1 aromatic heterocycles. The molecule has 3 rings (SSSR count). The third-order valence-electron chi connectivity index (χ3n) is 4.17. The number of amides is 1. The average Bonchev–Trinajstić information content (AvgIpc) is 2.71. The molecule has 1 heterocycles. The van der Waals surface area contributed by atoms with Gasteiger partial charge in [-0.25, -0.2) is 9.37 Å². The minimum absolute atomic E-state index is 0.117. The summed E-state index contributed by atoms with van der Waals surface area (Å²) in [6.45, 7) is 4.40. The zero-order valence-corrected chi connectivity index (χ0v) is 17.1. The van der Waals surface area contributed by atoms with E-state index in [0.717, 1.165) is 5.56 Å². The number of nitrogens with zero attached hydrogens (tertiary/aromatic N) is 2. The van der Waals surface area contributed by atoms with Gasteiger partial charge in [-0.05, 0) is 42.3 Å². The molecule has 0 aliphatic carbocycles. The van der Waals surface area contributed by atoms with Crippen LogP contribution in [0.4, 0.5) is 4.39 Å². The number of rotatable bonds is 8. The normalized spacial score (nSPS) is 10.8. The van der Waals surface area contributed by atoms with E-state index in [-0.39, 0.29) is 29.6 Å². The van der Waals surface area contributed by atoms with Crippen LogP contribution in [-0.4, -0.2) is 27.8 Å². The smallest absolute Gasteiger partial charge is 0.262 e. The van der Waals surface area contributed by atoms with E-state index in [9.17, 15) is 14.0 Å². The largest absolute Gasteiger partial charge is 0.355 e. The van der Waals surface area contributed by atoms with Crippen molar-refractivity contribution in [3.05, 3.63) is 81.9 Å². The Hall–Kier alpha value is -2.64. The molecule has 29 heavy (non-hydrogen) atoms. The molecule has 0 radical (unpaired) electrons. The molecule has 0 saturated carbocycles. The fraction of sp³-hybridized carbons (Fsp3) is 0.190. The number of carbonyl (C=O) groups is 1. The summed E-state index contributed by atoms with van der Waals surface area (Å²) in [6, 6.07) is 11.1. The van der Waals surface area contributed by atoms with Gasteiger partial charge in [-0.15, -0.1) is 6.58 Å². The van der Waals surface area contributed by atoms with Gasteiger partial charge in [0.05, 0.1) is 16.7 Å². The summed E-state index contributed by atoms with van der Waals surface area (Å²) < 4.78 is 14.4. The topological polar surface area (TPSA) is 64.0 Å². The van der Waals surface area contributed by atoms with E-state index in [1.165, 1.54) is 28.5 Å². The monoisotopic (exact) mass is 431 g/mol. The number of halogens is 2. The molecule has 0 aliphatic rings. The van der Waals surface area contributed by atoms with Gasteiger partial charge >= 0.3 is 0 Å². The van der Waals surface area contributed by atoms with Crippen LogP contribution in [0.2, 0.25) is 5.02 Å². The SMILES string of the molecule is C=CCn1c(SCC(=O)NCCc2ccc(F)cc2)nc2ccc(Cl)cc2c1=O. The number of fused-ring (bicyclic) bond motifs is 1. The zero-order valence-electron chi connectivity index (χ0n) is 15.5. The summed E-state index contributed by atoms with van der Waals surface area (Å²) in [5, 5.41) is 4.15. The first-order valence-electron chi connectivity index (χ1n) is 8.93. The van der Waals surface area contributed by atoms with Gasteiger partial charge in [0.2, 0.25) is 5.91 Å². The van der Waals surface area contributed by atoms with Crippen LogP contribution in [0.25, 0.3) is 10.9 Å². The lowest BCUT2D eigenvalue weighted by molar-refractivity contribution is -0.118. The molecule has 150 valence electrons. The van der Waals surface area contributed by atoms with Gasteiger partial charge in [-0.1, -0.05) is 41.6 Å². The van der Waals surface area contributed by atoms with Crippen molar-refractivity contribution in [2.45, 2.75) is 18.1 Å². The van der Waals surface area contributed by atoms with Crippen molar-refractivity contribution >= 4 is 40.2 Å². The Balaban J connectivity index is 1.65. The van der Waals surface area contributed by atoms with Crippen LogP contribution in [-0.2, 0) is 17.8 Å². The minimum atomic E-state index is -0.287. The number of allylic oxidation sites excluding steroid dienone is 1. The third kappa shape index (κ3) is 5.46. The number of nitrogens with one attached hydrogen (secondary N) is 1. The molecule has 1 N–H and O–H groups in total. The van der Waals surface area contributed by atoms with Crippen LogP contribution in [0.3, 0.4) is 0 Å². The van der Waals surface area contributed by atoms with Gasteiger partial charge in [0.1, 0.15) is 5.82 Å². The fourth-order valence-electron chi connectivity index (χ4n) is 2.75. The molecule has 0 saturated heterocycles. The Kier molecular flexibility index (Phi) is 7.06. The van der Waals surface area contributed by atoms with Crippen molar-refractivity contribution in [3.63, 3.8) is 0 Å². The van der Waals surface area contributed by atoms with Crippen LogP contribution >= 0.6 is 23.4 Å². The number of carbonyl (C=O) groups excluding carboxylic acids is 1. The van der Waals surface area contributed by atoms with Gasteiger partial charge in [0.15, 0.2) is 5.16 Å². The van der Waals surface area contributed by atoms with Crippen molar-refractivity contribution in [1.82, 2.24) is 14.9 Å². The minimum Gasteiger partial charge on any atom is -0.355 e. The first kappa shape index (κ1) is 21.1. The Morgan fingerprint density at radius 2 is 2.03 bits per heavy atom. The first-order valence-corrected chi connectivity index (χ1v) is 10.3. The lowest BCUT2D eigenvalue weighted by Crippen LogP contribution is -2.28. The summed E-state index contributed by atoms with van der Waals surface area (Å²) in [4.78, 5) is 29.5. The van der Waals surface area contributed by atoms with Gasteiger partial charge in [0, 0.05) is 18.1 Å². The van der Waals surface area contributed by atoms with Crippen molar-refractivity contribution in [2.24, 2.45) is 0 Å². The molecule has 0 aliphatic heterocycles. The zero-order chi connectivity index (χ0) is 20.8. The Labute approximate surface area is 176 Å². The molecular formula is C21H19ClFN3O2S. The van der Waals surface area contributed by atoms with E-state index in [1.54, 1.807) is 36.4 Å². The van der Waals surface area contributed by atoms with E-state index in [0.29, 0.717) is 34.0 Å². The Morgan fingerprint density at radius 3 is 2.76 bits per heavy atom. The molecule has 0 atom stereocenters. The fourth-order valence-corrected chi connectivity index (χ4v) is 3.76. The second kappa shape index (κ2) is 9.71. The molecule has 8 heteroatoms. The summed E-state index contributed by atoms with van der Waals surface area (Å²) in [5.74, 6) is -0.343. The van der Waals surface area contributed by atoms with Crippen LogP contribution < -0.4 is 10.9 Å². The summed E-state index contributed by atoms with van der Waals surface area (Å²) in [5.41, 5.74) is 1.24. The van der Waals surface area contributed by atoms with Crippen molar-refractivity contribution in [1.29, 1.82) is 0 Å². The maximum absolute atomic E-state index is 12.9. The van der Waals surface area contributed by atoms with Crippen molar-refractivity contribution in [2.75, 3.05) is 12.3 Å². The number of benzene rings is 2. The lowest BCUT2D eigenvalue weighted by atomic mass is 10.1. The van der Waals surface area contributed by atoms with Crippen molar-refractivity contribution < 1.29 is 9.18 Å². The van der Waals surface area contributed by atoms with Gasteiger partial charge in [-0.3, -0.25) is 14.2 Å². The number of hydrogen-bond acceptors (Lipinski definition) is 4. The molecule has 0 bridgehead atoms. The quantitative estimate of drug-likeness (QED) is 0.334. The molecule has 2 aromatic carbocycles. The molecular weight excluding hydrogens is 413 g/mol. The lowest BCUT2D eigenvalue weighted by Gasteiger charge is -2.11. The maximum Gasteiger partial charge on any atom is 0.262 e. The highest BCUT2D eigenvalue weighted by Crippen LogP contribution is 2.20. The van der Waals surface area contributed by atoms with Crippen LogP contribution in [0.15, 0.2) is 65.1 Å². The predicted octanol–water partition coefficient (Wildman–Crippen LogP) is 3.83. The van der Waals surface area contributed by atoms with E-state index >= 15 is 0 Å². The number of hydrogen-bond donors (Lipinski definition) is 1. The maximum atomic E-state index is 12.9. The number of thioether (sulfide) groups is 1. The summed E-state index contributed by atoms with van der Waals surface area (Å²) >= 11 is 7.18. The summed E-state index contributed by atoms with van der Waals surface area (Å²) in [6.07, 6.45) is 2.21. The van der Waals surface area contributed by atoms with E-state index < -0.39 is 0 Å². The standard InChI is InChI=1S/C21H19ClFN3O2S/c1-2-11-26-20(28)17-12-15(22)5-8-18(17)25-21(26)29-13-19(27)24-10-9-14-3-6-16(23)7-4-14/h2-8,12H,1,9-11,13H2,(H,24,27). The Bertz CT molecular complexity index is 1100. The highest BCUT2D eigenvalue weighted by Gasteiger charge is 2.13. The highest BCUT2D eigenvalue weighted by molar-refractivity contribution is 7.99. The molecule has 1 amide bonds. The van der Waals surface area contributed by atoms with Crippen LogP contribution in [0, 0.1) is 5.82 Å². The average molecular weight is 432 g/mol. The van der Waals surface area contributed by atoms with Gasteiger partial charge in [0.25, 0.3) is 5.56 Å². The molecule has 0 spiro atoms. The third-order valence-corrected chi connectivity index (χ3v) is 5.39. The molecule has 0 fully saturated rings. The van der Waals surface area contributed by atoms with Crippen LogP contribution in [0.5, 0.6) is 0 Å². The van der Waals surface area contributed by atoms with E-state index in [2.05, 4.69) is 16.9 Å². The van der Waals surface area contributed by atoms with Gasteiger partial charge < -0.3 is 5.32 Å². The predicted molar refractivity (Wildman–Crippen MR) is 115 cm³/mol. The molecule has 5 nitrogen and oxygen atoms in total. The van der Waals surface area contributed by atoms with E-state index in [1.807, 2.05) is 0 Å². The Morgan fingerprint density at radius 1 is 1.28 bits per heavy atom. The van der Waals surface area contributed by atoms with E-state index in [4.69, 9.17) is 11.6 Å². The first-order chi connectivity index (χ1) is 14.0. The second-order valence-corrected chi connectivity index (χ2v) is 7.65. The second-order valence-electron chi connectivity index (χ2n) is 6.28. The van der Waals surface area contributed by atoms with Crippen molar-refractivity contribution in [3.8, 4) is 0 Å². The summed E-state index contributed by atoms with van der Waals surface area (Å²) in [7, 11) is 0. The number of aromatic nitrogens is 2. The van der Waals surface area contributed by atoms with Gasteiger partial charge in [-0.2, -0.15) is 0 Å². The van der Waals surface area contributed by atoms with Crippen LogP contribution in [0.1, 0.15) is 5.56 Å².